The maximum Gasteiger partial charge on any atom is 0.391 e. The molecule has 0 aromatic carbocycles. The molecule has 1 saturated heterocycles. The molecule has 0 bridgehead atoms. The number of nitrogens with zero attached hydrogens (tertiary/aromatic N) is 2. The smallest absolute Gasteiger partial charge is 0.370 e. The Morgan fingerprint density at radius 1 is 1.24 bits per heavy atom. The zero-order chi connectivity index (χ0) is 14.6. The van der Waals surface area contributed by atoms with E-state index >= 15 is 0 Å². The molecule has 0 spiro atoms. The Morgan fingerprint density at radius 2 is 1.90 bits per heavy atom. The minimum absolute atomic E-state index is 0. The van der Waals surface area contributed by atoms with Gasteiger partial charge in [-0.05, 0) is 25.2 Å². The zero-order valence-electron chi connectivity index (χ0n) is 11.9. The molecular weight excluding hydrogens is 414 g/mol. The van der Waals surface area contributed by atoms with Gasteiger partial charge in [-0.25, -0.2) is 0 Å². The summed E-state index contributed by atoms with van der Waals surface area (Å²) in [5.74, 6) is 1.45. The number of thioether (sulfide) groups is 1. The van der Waals surface area contributed by atoms with E-state index in [0.717, 1.165) is 31.0 Å². The van der Waals surface area contributed by atoms with Crippen LogP contribution in [-0.4, -0.2) is 48.2 Å². The highest BCUT2D eigenvalue weighted by Gasteiger charge is 2.41. The van der Waals surface area contributed by atoms with Gasteiger partial charge in [0.05, 0.1) is 5.92 Å². The van der Waals surface area contributed by atoms with Crippen LogP contribution in [-0.2, 0) is 0 Å². The van der Waals surface area contributed by atoms with Gasteiger partial charge in [0.25, 0.3) is 0 Å². The largest absolute Gasteiger partial charge is 0.391 e. The Kier molecular flexibility index (Phi) is 7.94. The van der Waals surface area contributed by atoms with E-state index in [0.29, 0.717) is 18.9 Å². The highest BCUT2D eigenvalue weighted by Crippen LogP contribution is 2.39. The molecule has 2 fully saturated rings. The fourth-order valence-corrected chi connectivity index (χ4v) is 3.77. The molecule has 2 N–H and O–H groups in total. The maximum absolute atomic E-state index is 12.7. The summed E-state index contributed by atoms with van der Waals surface area (Å²) in [5, 5.41) is 0. The van der Waals surface area contributed by atoms with Gasteiger partial charge >= 0.3 is 6.18 Å². The van der Waals surface area contributed by atoms with Crippen LogP contribution in [0.25, 0.3) is 0 Å². The van der Waals surface area contributed by atoms with Crippen molar-refractivity contribution in [2.45, 2.75) is 31.9 Å². The number of alkyl halides is 3. The van der Waals surface area contributed by atoms with Crippen molar-refractivity contribution in [3.63, 3.8) is 0 Å². The summed E-state index contributed by atoms with van der Waals surface area (Å²) in [6, 6.07) is 0. The number of rotatable bonds is 2. The molecule has 8 heteroatoms. The van der Waals surface area contributed by atoms with E-state index in [4.69, 9.17) is 5.73 Å². The van der Waals surface area contributed by atoms with Crippen LogP contribution in [0.2, 0.25) is 0 Å². The Hall–Kier alpha value is 0.140. The van der Waals surface area contributed by atoms with Crippen molar-refractivity contribution in [1.29, 1.82) is 0 Å². The lowest BCUT2D eigenvalue weighted by molar-refractivity contribution is -0.185. The van der Waals surface area contributed by atoms with Crippen LogP contribution >= 0.6 is 35.7 Å². The number of nitrogens with two attached hydrogens (primary N) is 1. The predicted molar refractivity (Wildman–Crippen MR) is 92.3 cm³/mol. The highest BCUT2D eigenvalue weighted by atomic mass is 127. The van der Waals surface area contributed by atoms with E-state index in [2.05, 4.69) is 4.99 Å². The molecule has 2 rings (SSSR count). The molecule has 1 saturated carbocycles. The van der Waals surface area contributed by atoms with Crippen molar-refractivity contribution in [3.8, 4) is 0 Å². The lowest BCUT2D eigenvalue weighted by Crippen LogP contribution is -2.43. The van der Waals surface area contributed by atoms with Crippen LogP contribution in [0.5, 0.6) is 0 Å². The fourth-order valence-electron chi connectivity index (χ4n) is 2.87. The predicted octanol–water partition coefficient (Wildman–Crippen LogP) is 3.34. The molecule has 2 aliphatic rings. The van der Waals surface area contributed by atoms with Crippen LogP contribution in [0.1, 0.15) is 25.7 Å². The molecule has 0 radical (unpaired) electrons. The average molecular weight is 437 g/mol. The normalized spacial score (nSPS) is 28.1. The second-order valence-electron chi connectivity index (χ2n) is 5.57. The van der Waals surface area contributed by atoms with E-state index in [1.54, 1.807) is 0 Å². The quantitative estimate of drug-likeness (QED) is 0.410. The summed E-state index contributed by atoms with van der Waals surface area (Å²) in [4.78, 5) is 6.36. The van der Waals surface area contributed by atoms with Crippen molar-refractivity contribution in [1.82, 2.24) is 4.90 Å². The van der Waals surface area contributed by atoms with E-state index in [-0.39, 0.29) is 42.7 Å². The molecule has 3 nitrogen and oxygen atoms in total. The summed E-state index contributed by atoms with van der Waals surface area (Å²) in [5.41, 5.74) is 5.93. The SMILES string of the molecule is I.NC(=NCC1CCCC(C(F)(F)F)C1)N1CCSCC1. The molecule has 124 valence electrons. The second kappa shape index (κ2) is 8.69. The van der Waals surface area contributed by atoms with Gasteiger partial charge in [0.1, 0.15) is 0 Å². The van der Waals surface area contributed by atoms with Crippen molar-refractivity contribution < 1.29 is 13.2 Å². The van der Waals surface area contributed by atoms with Crippen LogP contribution < -0.4 is 5.73 Å². The first-order valence-corrected chi connectivity index (χ1v) is 8.31. The van der Waals surface area contributed by atoms with Gasteiger partial charge in [-0.1, -0.05) is 6.42 Å². The Bertz CT molecular complexity index is 346. The van der Waals surface area contributed by atoms with E-state index < -0.39 is 12.1 Å². The van der Waals surface area contributed by atoms with Crippen LogP contribution in [0.4, 0.5) is 13.2 Å². The lowest BCUT2D eigenvalue weighted by atomic mass is 9.81. The summed E-state index contributed by atoms with van der Waals surface area (Å²) in [6.45, 7) is 2.20. The molecule has 1 heterocycles. The molecule has 0 aromatic heterocycles. The first-order valence-electron chi connectivity index (χ1n) is 7.16. The molecule has 2 atom stereocenters. The van der Waals surface area contributed by atoms with Gasteiger partial charge in [0.15, 0.2) is 5.96 Å². The number of halogens is 4. The highest BCUT2D eigenvalue weighted by molar-refractivity contribution is 14.0. The van der Waals surface area contributed by atoms with Crippen LogP contribution in [0.3, 0.4) is 0 Å². The minimum Gasteiger partial charge on any atom is -0.370 e. The molecule has 1 aliphatic heterocycles. The molecule has 21 heavy (non-hydrogen) atoms. The molecule has 0 amide bonds. The van der Waals surface area contributed by atoms with Gasteiger partial charge in [0, 0.05) is 31.1 Å². The third-order valence-corrected chi connectivity index (χ3v) is 5.03. The van der Waals surface area contributed by atoms with Crippen molar-refractivity contribution in [2.75, 3.05) is 31.1 Å². The van der Waals surface area contributed by atoms with Gasteiger partial charge in [0.2, 0.25) is 0 Å². The molecule has 2 unspecified atom stereocenters. The van der Waals surface area contributed by atoms with E-state index in [1.807, 2.05) is 16.7 Å². The zero-order valence-corrected chi connectivity index (χ0v) is 15.1. The first-order chi connectivity index (χ1) is 9.47. The maximum atomic E-state index is 12.7. The van der Waals surface area contributed by atoms with Gasteiger partial charge in [-0.3, -0.25) is 4.99 Å². The third kappa shape index (κ3) is 6.03. The van der Waals surface area contributed by atoms with Gasteiger partial charge in [-0.15, -0.1) is 24.0 Å². The topological polar surface area (TPSA) is 41.6 Å². The van der Waals surface area contributed by atoms with Crippen molar-refractivity contribution >= 4 is 41.7 Å². The summed E-state index contributed by atoms with van der Waals surface area (Å²) in [6.07, 6.45) is -2.11. The summed E-state index contributed by atoms with van der Waals surface area (Å²) >= 11 is 1.89. The average Bonchev–Trinajstić information content (AvgIpc) is 2.45. The van der Waals surface area contributed by atoms with Gasteiger partial charge in [-0.2, -0.15) is 24.9 Å². The third-order valence-electron chi connectivity index (χ3n) is 4.09. The van der Waals surface area contributed by atoms with E-state index in [1.165, 1.54) is 0 Å². The molecule has 0 aromatic rings. The molecular formula is C13H23F3IN3S. The number of hydrogen-bond donors (Lipinski definition) is 1. The Morgan fingerprint density at radius 3 is 2.52 bits per heavy atom. The van der Waals surface area contributed by atoms with E-state index in [9.17, 15) is 13.2 Å². The Labute approximate surface area is 145 Å². The van der Waals surface area contributed by atoms with Crippen LogP contribution in [0.15, 0.2) is 4.99 Å². The van der Waals surface area contributed by atoms with Crippen molar-refractivity contribution in [2.24, 2.45) is 22.6 Å². The Balaban J connectivity index is 0.00000220. The van der Waals surface area contributed by atoms with Crippen LogP contribution in [0, 0.1) is 11.8 Å². The second-order valence-corrected chi connectivity index (χ2v) is 6.79. The molecule has 1 aliphatic carbocycles. The van der Waals surface area contributed by atoms with Crippen molar-refractivity contribution in [3.05, 3.63) is 0 Å². The van der Waals surface area contributed by atoms with Gasteiger partial charge < -0.3 is 10.6 Å². The number of guanidine groups is 1. The summed E-state index contributed by atoms with van der Waals surface area (Å²) in [7, 11) is 0. The monoisotopic (exact) mass is 437 g/mol. The number of aliphatic imine (C=N–C) groups is 1. The standard InChI is InChI=1S/C13H22F3N3S.HI/c14-13(15,16)11-3-1-2-10(8-11)9-18-12(17)19-4-6-20-7-5-19;/h10-11H,1-9H2,(H2,17,18);1H. The summed E-state index contributed by atoms with van der Waals surface area (Å²) < 4.78 is 38.2. The lowest BCUT2D eigenvalue weighted by Gasteiger charge is -2.30. The fraction of sp³-hybridized carbons (Fsp3) is 0.923. The minimum atomic E-state index is -4.06. The number of hydrogen-bond acceptors (Lipinski definition) is 2. The first kappa shape index (κ1) is 19.2.